The lowest BCUT2D eigenvalue weighted by Gasteiger charge is -2.05. The molecule has 1 N–H and O–H groups in total. The Hall–Kier alpha value is -2.55. The van der Waals surface area contributed by atoms with Crippen LogP contribution in [0.2, 0.25) is 0 Å². The Morgan fingerprint density at radius 3 is 2.95 bits per heavy atom. The van der Waals surface area contributed by atoms with Gasteiger partial charge >= 0.3 is 0 Å². The molecule has 0 aliphatic rings. The molecule has 0 unspecified atom stereocenters. The van der Waals surface area contributed by atoms with Crippen molar-refractivity contribution in [2.75, 3.05) is 11.9 Å². The van der Waals surface area contributed by atoms with Crippen LogP contribution in [0.3, 0.4) is 0 Å². The van der Waals surface area contributed by atoms with Gasteiger partial charge in [0.15, 0.2) is 6.61 Å². The molecule has 0 bridgehead atoms. The number of anilines is 1. The maximum absolute atomic E-state index is 11.7. The molecular formula is C12H12N4O4S. The molecule has 1 aromatic carbocycles. The molecule has 110 valence electrons. The number of benzene rings is 1. The number of aryl methyl sites for hydroxylation is 1. The first kappa shape index (κ1) is 14.9. The van der Waals surface area contributed by atoms with Crippen molar-refractivity contribution in [3.8, 4) is 5.75 Å². The minimum atomic E-state index is -0.527. The molecule has 0 atom stereocenters. The molecule has 0 saturated carbocycles. The third-order valence-corrected chi connectivity index (χ3v) is 3.40. The smallest absolute Gasteiger partial charge is 0.273 e. The van der Waals surface area contributed by atoms with Crippen molar-refractivity contribution in [3.63, 3.8) is 0 Å². The number of non-ortho nitro benzene ring substituents is 1. The van der Waals surface area contributed by atoms with Gasteiger partial charge in [0, 0.05) is 6.07 Å². The second-order valence-electron chi connectivity index (χ2n) is 3.95. The van der Waals surface area contributed by atoms with E-state index in [1.807, 2.05) is 6.92 Å². The van der Waals surface area contributed by atoms with Crippen molar-refractivity contribution in [1.82, 2.24) is 10.2 Å². The van der Waals surface area contributed by atoms with Crippen LogP contribution in [0, 0.1) is 10.1 Å². The van der Waals surface area contributed by atoms with Crippen LogP contribution in [0.15, 0.2) is 24.3 Å². The van der Waals surface area contributed by atoms with E-state index in [0.717, 1.165) is 11.4 Å². The van der Waals surface area contributed by atoms with E-state index < -0.39 is 10.8 Å². The van der Waals surface area contributed by atoms with Gasteiger partial charge < -0.3 is 4.74 Å². The van der Waals surface area contributed by atoms with Gasteiger partial charge in [-0.1, -0.05) is 24.3 Å². The largest absolute Gasteiger partial charge is 0.484 e. The van der Waals surface area contributed by atoms with Crippen molar-refractivity contribution in [2.24, 2.45) is 0 Å². The Labute approximate surface area is 123 Å². The lowest BCUT2D eigenvalue weighted by molar-refractivity contribution is -0.384. The van der Waals surface area contributed by atoms with E-state index >= 15 is 0 Å². The van der Waals surface area contributed by atoms with E-state index in [2.05, 4.69) is 15.5 Å². The minimum Gasteiger partial charge on any atom is -0.484 e. The van der Waals surface area contributed by atoms with Crippen LogP contribution in [-0.4, -0.2) is 27.6 Å². The van der Waals surface area contributed by atoms with Gasteiger partial charge in [-0.25, -0.2) is 0 Å². The summed E-state index contributed by atoms with van der Waals surface area (Å²) in [5.74, 6) is -0.147. The van der Waals surface area contributed by atoms with Crippen LogP contribution in [0.4, 0.5) is 10.8 Å². The first-order chi connectivity index (χ1) is 10.1. The Morgan fingerprint density at radius 1 is 1.48 bits per heavy atom. The average molecular weight is 308 g/mol. The highest BCUT2D eigenvalue weighted by Gasteiger charge is 2.10. The number of hydrogen-bond donors (Lipinski definition) is 1. The van der Waals surface area contributed by atoms with E-state index in [4.69, 9.17) is 4.74 Å². The Kier molecular flexibility index (Phi) is 4.77. The summed E-state index contributed by atoms with van der Waals surface area (Å²) in [5, 5.41) is 22.1. The zero-order chi connectivity index (χ0) is 15.2. The lowest BCUT2D eigenvalue weighted by atomic mass is 10.3. The second kappa shape index (κ2) is 6.75. The van der Waals surface area contributed by atoms with Crippen LogP contribution < -0.4 is 10.1 Å². The minimum absolute atomic E-state index is 0.0929. The van der Waals surface area contributed by atoms with Gasteiger partial charge in [-0.2, -0.15) is 0 Å². The Balaban J connectivity index is 1.89. The maximum atomic E-state index is 11.7. The predicted molar refractivity (Wildman–Crippen MR) is 76.5 cm³/mol. The molecule has 0 spiro atoms. The van der Waals surface area contributed by atoms with Crippen molar-refractivity contribution in [1.29, 1.82) is 0 Å². The van der Waals surface area contributed by atoms with E-state index in [0.29, 0.717) is 5.13 Å². The first-order valence-corrected chi connectivity index (χ1v) is 6.89. The fourth-order valence-corrected chi connectivity index (χ4v) is 2.13. The molecule has 1 amide bonds. The molecular weight excluding hydrogens is 296 g/mol. The summed E-state index contributed by atoms with van der Waals surface area (Å²) in [6, 6.07) is 5.64. The van der Waals surface area contributed by atoms with Gasteiger partial charge in [0.25, 0.3) is 11.6 Å². The SMILES string of the molecule is CCc1nnc(NC(=O)COc2cccc([N+](=O)[O-])c2)s1. The van der Waals surface area contributed by atoms with E-state index in [-0.39, 0.29) is 18.0 Å². The fraction of sp³-hybridized carbons (Fsp3) is 0.250. The number of nitro benzene ring substituents is 1. The molecule has 0 aliphatic carbocycles. The molecule has 1 aromatic heterocycles. The number of ether oxygens (including phenoxy) is 1. The second-order valence-corrected chi connectivity index (χ2v) is 5.01. The molecule has 0 aliphatic heterocycles. The Morgan fingerprint density at radius 2 is 2.29 bits per heavy atom. The van der Waals surface area contributed by atoms with Crippen molar-refractivity contribution in [2.45, 2.75) is 13.3 Å². The standard InChI is InChI=1S/C12H12N4O4S/c1-2-11-14-15-12(21-11)13-10(17)7-20-9-5-3-4-8(6-9)16(18)19/h3-6H,2,7H2,1H3,(H,13,15,17). The lowest BCUT2D eigenvalue weighted by Crippen LogP contribution is -2.20. The van der Waals surface area contributed by atoms with Crippen molar-refractivity contribution >= 4 is 28.1 Å². The number of nitro groups is 1. The van der Waals surface area contributed by atoms with Gasteiger partial charge in [0.2, 0.25) is 5.13 Å². The monoisotopic (exact) mass is 308 g/mol. The molecule has 0 radical (unpaired) electrons. The van der Waals surface area contributed by atoms with Gasteiger partial charge in [-0.3, -0.25) is 20.2 Å². The molecule has 21 heavy (non-hydrogen) atoms. The van der Waals surface area contributed by atoms with Crippen LogP contribution in [0.5, 0.6) is 5.75 Å². The summed E-state index contributed by atoms with van der Waals surface area (Å²) >= 11 is 1.29. The normalized spacial score (nSPS) is 10.1. The molecule has 0 fully saturated rings. The average Bonchev–Trinajstić information content (AvgIpc) is 2.93. The molecule has 2 aromatic rings. The third-order valence-electron chi connectivity index (χ3n) is 2.41. The number of nitrogens with zero attached hydrogens (tertiary/aromatic N) is 3. The van der Waals surface area contributed by atoms with Crippen LogP contribution in [-0.2, 0) is 11.2 Å². The molecule has 2 rings (SSSR count). The third kappa shape index (κ3) is 4.21. The zero-order valence-electron chi connectivity index (χ0n) is 11.1. The van der Waals surface area contributed by atoms with E-state index in [9.17, 15) is 14.9 Å². The van der Waals surface area contributed by atoms with E-state index in [1.54, 1.807) is 6.07 Å². The molecule has 0 saturated heterocycles. The predicted octanol–water partition coefficient (Wildman–Crippen LogP) is 2.03. The highest BCUT2D eigenvalue weighted by molar-refractivity contribution is 7.15. The maximum Gasteiger partial charge on any atom is 0.273 e. The summed E-state index contributed by atoms with van der Waals surface area (Å²) in [6.07, 6.45) is 0.748. The van der Waals surface area contributed by atoms with Crippen LogP contribution in [0.1, 0.15) is 11.9 Å². The number of carbonyl (C=O) groups excluding carboxylic acids is 1. The summed E-state index contributed by atoms with van der Waals surface area (Å²) in [4.78, 5) is 21.8. The topological polar surface area (TPSA) is 107 Å². The van der Waals surface area contributed by atoms with Crippen molar-refractivity contribution < 1.29 is 14.5 Å². The quantitative estimate of drug-likeness (QED) is 0.646. The summed E-state index contributed by atoms with van der Waals surface area (Å²) in [6.45, 7) is 1.68. The van der Waals surface area contributed by atoms with Crippen molar-refractivity contribution in [3.05, 3.63) is 39.4 Å². The number of carbonyl (C=O) groups is 1. The first-order valence-electron chi connectivity index (χ1n) is 6.08. The number of amides is 1. The van der Waals surface area contributed by atoms with Gasteiger partial charge in [-0.15, -0.1) is 10.2 Å². The number of aromatic nitrogens is 2. The van der Waals surface area contributed by atoms with Crippen LogP contribution in [0.25, 0.3) is 0 Å². The van der Waals surface area contributed by atoms with Gasteiger partial charge in [0.1, 0.15) is 10.8 Å². The highest BCUT2D eigenvalue weighted by atomic mass is 32.1. The summed E-state index contributed by atoms with van der Waals surface area (Å²) in [5.41, 5.74) is -0.0929. The summed E-state index contributed by atoms with van der Waals surface area (Å²) < 4.78 is 5.20. The molecule has 9 heteroatoms. The van der Waals surface area contributed by atoms with Gasteiger partial charge in [-0.05, 0) is 12.5 Å². The number of nitrogens with one attached hydrogen (secondary N) is 1. The number of hydrogen-bond acceptors (Lipinski definition) is 7. The molecule has 8 nitrogen and oxygen atoms in total. The fourth-order valence-electron chi connectivity index (χ4n) is 1.44. The van der Waals surface area contributed by atoms with E-state index in [1.165, 1.54) is 29.5 Å². The summed E-state index contributed by atoms with van der Waals surface area (Å²) in [7, 11) is 0. The van der Waals surface area contributed by atoms with Crippen LogP contribution >= 0.6 is 11.3 Å². The number of rotatable bonds is 6. The zero-order valence-corrected chi connectivity index (χ0v) is 11.9. The van der Waals surface area contributed by atoms with Gasteiger partial charge in [0.05, 0.1) is 11.0 Å². The molecule has 1 heterocycles. The Bertz CT molecular complexity index is 658. The highest BCUT2D eigenvalue weighted by Crippen LogP contribution is 2.19.